The Morgan fingerprint density at radius 1 is 1.33 bits per heavy atom. The van der Waals surface area contributed by atoms with Crippen molar-refractivity contribution in [1.82, 2.24) is 0 Å². The highest BCUT2D eigenvalue weighted by atomic mass is 16.6. The normalized spacial score (nSPS) is 13.6. The molecule has 0 radical (unpaired) electrons. The molecule has 2 rings (SSSR count). The van der Waals surface area contributed by atoms with Gasteiger partial charge in [0.05, 0.1) is 11.5 Å². The molecule has 1 aliphatic rings. The topological polar surface area (TPSA) is 89.8 Å². The van der Waals surface area contributed by atoms with Crippen molar-refractivity contribution >= 4 is 23.3 Å². The maximum Gasteiger partial charge on any atom is 0.326 e. The Labute approximate surface area is 121 Å². The van der Waals surface area contributed by atoms with E-state index in [0.29, 0.717) is 5.69 Å². The van der Waals surface area contributed by atoms with E-state index in [9.17, 15) is 19.7 Å². The van der Waals surface area contributed by atoms with Gasteiger partial charge in [0.15, 0.2) is 0 Å². The van der Waals surface area contributed by atoms with E-state index in [1.807, 2.05) is 0 Å². The fourth-order valence-corrected chi connectivity index (χ4v) is 1.94. The minimum atomic E-state index is -0.512. The molecule has 0 unspecified atom stereocenters. The molecule has 0 spiro atoms. The Morgan fingerprint density at radius 2 is 1.95 bits per heavy atom. The summed E-state index contributed by atoms with van der Waals surface area (Å²) in [5.41, 5.74) is 0.402. The number of non-ortho nitro benzene ring substituents is 1. The molecular weight excluding hydrogens is 276 g/mol. The molecule has 0 saturated heterocycles. The second-order valence-corrected chi connectivity index (χ2v) is 4.78. The molecule has 1 saturated carbocycles. The molecule has 0 atom stereocenters. The monoisotopic (exact) mass is 292 g/mol. The zero-order chi connectivity index (χ0) is 15.4. The van der Waals surface area contributed by atoms with Gasteiger partial charge < -0.3 is 9.64 Å². The van der Waals surface area contributed by atoms with Gasteiger partial charge in [0, 0.05) is 23.7 Å². The number of esters is 1. The molecule has 1 aliphatic carbocycles. The number of hydrogen-bond donors (Lipinski definition) is 0. The van der Waals surface area contributed by atoms with Crippen molar-refractivity contribution in [2.24, 2.45) is 5.92 Å². The van der Waals surface area contributed by atoms with Crippen LogP contribution < -0.4 is 4.90 Å². The van der Waals surface area contributed by atoms with Crippen LogP contribution in [0.4, 0.5) is 11.4 Å². The Balaban J connectivity index is 2.19. The first-order chi connectivity index (χ1) is 10.0. The number of ether oxygens (including phenoxy) is 1. The highest BCUT2D eigenvalue weighted by Crippen LogP contribution is 2.33. The smallest absolute Gasteiger partial charge is 0.326 e. The van der Waals surface area contributed by atoms with E-state index in [1.165, 1.54) is 29.2 Å². The van der Waals surface area contributed by atoms with Crippen LogP contribution in [0.25, 0.3) is 0 Å². The zero-order valence-corrected chi connectivity index (χ0v) is 11.7. The molecule has 0 N–H and O–H groups in total. The molecule has 112 valence electrons. The van der Waals surface area contributed by atoms with Crippen LogP contribution in [0.3, 0.4) is 0 Å². The number of amides is 1. The molecule has 21 heavy (non-hydrogen) atoms. The van der Waals surface area contributed by atoms with E-state index in [4.69, 9.17) is 4.74 Å². The minimum Gasteiger partial charge on any atom is -0.465 e. The first-order valence-corrected chi connectivity index (χ1v) is 6.74. The zero-order valence-electron chi connectivity index (χ0n) is 11.7. The van der Waals surface area contributed by atoms with Gasteiger partial charge in [-0.3, -0.25) is 19.7 Å². The average molecular weight is 292 g/mol. The predicted octanol–water partition coefficient (Wildman–Crippen LogP) is 1.90. The summed E-state index contributed by atoms with van der Waals surface area (Å²) in [6.07, 6.45) is 1.62. The second kappa shape index (κ2) is 6.34. The molecule has 0 aliphatic heterocycles. The van der Waals surface area contributed by atoms with Gasteiger partial charge in [0.25, 0.3) is 5.69 Å². The third-order valence-corrected chi connectivity index (χ3v) is 3.16. The third-order valence-electron chi connectivity index (χ3n) is 3.16. The lowest BCUT2D eigenvalue weighted by molar-refractivity contribution is -0.384. The number of benzene rings is 1. The SMILES string of the molecule is CCOC(=O)CN(C(=O)C1CC1)c1ccc([N+](=O)[O-])cc1. The van der Waals surface area contributed by atoms with Gasteiger partial charge in [-0.2, -0.15) is 0 Å². The molecule has 1 aromatic carbocycles. The molecule has 7 nitrogen and oxygen atoms in total. The number of nitrogens with zero attached hydrogens (tertiary/aromatic N) is 2. The lowest BCUT2D eigenvalue weighted by Crippen LogP contribution is -2.37. The largest absolute Gasteiger partial charge is 0.465 e. The van der Waals surface area contributed by atoms with Gasteiger partial charge in [-0.15, -0.1) is 0 Å². The molecule has 1 aromatic rings. The van der Waals surface area contributed by atoms with E-state index in [1.54, 1.807) is 6.92 Å². The molecule has 0 bridgehead atoms. The van der Waals surface area contributed by atoms with Crippen molar-refractivity contribution in [3.63, 3.8) is 0 Å². The quantitative estimate of drug-likeness (QED) is 0.454. The molecule has 7 heteroatoms. The van der Waals surface area contributed by atoms with Crippen LogP contribution in [0.2, 0.25) is 0 Å². The summed E-state index contributed by atoms with van der Waals surface area (Å²) < 4.78 is 4.87. The van der Waals surface area contributed by atoms with Crippen molar-refractivity contribution in [2.75, 3.05) is 18.1 Å². The number of nitro groups is 1. The van der Waals surface area contributed by atoms with Crippen LogP contribution in [0.5, 0.6) is 0 Å². The standard InChI is InChI=1S/C14H16N2O5/c1-2-21-13(17)9-15(14(18)10-3-4-10)11-5-7-12(8-6-11)16(19)20/h5-8,10H,2-4,9H2,1H3. The van der Waals surface area contributed by atoms with Crippen LogP contribution in [-0.2, 0) is 14.3 Å². The maximum absolute atomic E-state index is 12.2. The Bertz CT molecular complexity index is 551. The Hall–Kier alpha value is -2.44. The van der Waals surface area contributed by atoms with Gasteiger partial charge in [-0.1, -0.05) is 0 Å². The molecule has 0 heterocycles. The molecule has 1 amide bonds. The summed E-state index contributed by atoms with van der Waals surface area (Å²) in [6.45, 7) is 1.75. The number of nitro benzene ring substituents is 1. The van der Waals surface area contributed by atoms with Gasteiger partial charge in [-0.05, 0) is 31.9 Å². The summed E-state index contributed by atoms with van der Waals surface area (Å²) in [5, 5.41) is 10.6. The summed E-state index contributed by atoms with van der Waals surface area (Å²) in [4.78, 5) is 35.3. The highest BCUT2D eigenvalue weighted by molar-refractivity contribution is 6.00. The fraction of sp³-hybridized carbons (Fsp3) is 0.429. The van der Waals surface area contributed by atoms with E-state index in [-0.39, 0.29) is 30.7 Å². The Morgan fingerprint density at radius 3 is 2.43 bits per heavy atom. The van der Waals surface area contributed by atoms with E-state index >= 15 is 0 Å². The fourth-order valence-electron chi connectivity index (χ4n) is 1.94. The van der Waals surface area contributed by atoms with Crippen molar-refractivity contribution < 1.29 is 19.2 Å². The van der Waals surface area contributed by atoms with Crippen molar-refractivity contribution in [3.05, 3.63) is 34.4 Å². The first-order valence-electron chi connectivity index (χ1n) is 6.74. The number of hydrogen-bond acceptors (Lipinski definition) is 5. The van der Waals surface area contributed by atoms with Crippen molar-refractivity contribution in [2.45, 2.75) is 19.8 Å². The van der Waals surface area contributed by atoms with Crippen LogP contribution in [0, 0.1) is 16.0 Å². The van der Waals surface area contributed by atoms with E-state index < -0.39 is 10.9 Å². The van der Waals surface area contributed by atoms with Crippen LogP contribution in [0.1, 0.15) is 19.8 Å². The molecule has 0 aromatic heterocycles. The van der Waals surface area contributed by atoms with Gasteiger partial charge in [0.1, 0.15) is 6.54 Å². The predicted molar refractivity (Wildman–Crippen MR) is 74.8 cm³/mol. The maximum atomic E-state index is 12.2. The summed E-state index contributed by atoms with van der Waals surface area (Å²) >= 11 is 0. The second-order valence-electron chi connectivity index (χ2n) is 4.78. The van der Waals surface area contributed by atoms with Crippen molar-refractivity contribution in [3.8, 4) is 0 Å². The summed E-state index contributed by atoms with van der Waals surface area (Å²) in [7, 11) is 0. The number of rotatable bonds is 6. The lowest BCUT2D eigenvalue weighted by Gasteiger charge is -2.21. The number of carbonyl (C=O) groups is 2. The minimum absolute atomic E-state index is 0.0605. The van der Waals surface area contributed by atoms with Gasteiger partial charge in [-0.25, -0.2) is 0 Å². The third kappa shape index (κ3) is 3.77. The van der Waals surface area contributed by atoms with E-state index in [0.717, 1.165) is 12.8 Å². The summed E-state index contributed by atoms with van der Waals surface area (Å²) in [6, 6.07) is 5.57. The summed E-state index contributed by atoms with van der Waals surface area (Å²) in [5.74, 6) is -0.698. The van der Waals surface area contributed by atoms with Gasteiger partial charge in [0.2, 0.25) is 5.91 Å². The number of carbonyl (C=O) groups excluding carboxylic acids is 2. The molecule has 1 fully saturated rings. The van der Waals surface area contributed by atoms with Crippen LogP contribution in [0.15, 0.2) is 24.3 Å². The number of anilines is 1. The molecular formula is C14H16N2O5. The van der Waals surface area contributed by atoms with Crippen molar-refractivity contribution in [1.29, 1.82) is 0 Å². The average Bonchev–Trinajstić information content (AvgIpc) is 3.29. The lowest BCUT2D eigenvalue weighted by atomic mass is 10.2. The Kier molecular flexibility index (Phi) is 4.52. The highest BCUT2D eigenvalue weighted by Gasteiger charge is 2.35. The first kappa shape index (κ1) is 15.0. The van der Waals surface area contributed by atoms with Crippen LogP contribution in [-0.4, -0.2) is 30.0 Å². The van der Waals surface area contributed by atoms with E-state index in [2.05, 4.69) is 0 Å². The van der Waals surface area contributed by atoms with Crippen LogP contribution >= 0.6 is 0 Å². The van der Waals surface area contributed by atoms with Gasteiger partial charge >= 0.3 is 5.97 Å².